The highest BCUT2D eigenvalue weighted by atomic mass is 14.2. The molecule has 1 aliphatic carbocycles. The standard InChI is InChI=1S/C50H34/c1-2-12-33(13-3-1)36-24-25-38-31-39(27-26-37(38)30-36)40-28-29-47-48(32-40)50(44-23-11-17-35-15-5-7-19-42(35)44)46-21-9-8-20-45(46)49(47)43-22-10-16-34-14-4-6-18-41(34)43/h2,4-32H,1,3H2. The fourth-order valence-corrected chi connectivity index (χ4v) is 8.26. The molecule has 9 aromatic rings. The molecule has 0 aromatic heterocycles. The maximum atomic E-state index is 2.45. The Bertz CT molecular complexity index is 2850. The zero-order valence-electron chi connectivity index (χ0n) is 27.7. The fraction of sp³-hybridized carbons (Fsp3) is 0.0400. The molecule has 0 amide bonds. The van der Waals surface area contributed by atoms with Crippen molar-refractivity contribution in [2.75, 3.05) is 0 Å². The molecule has 0 saturated heterocycles. The van der Waals surface area contributed by atoms with E-state index in [1.807, 2.05) is 0 Å². The van der Waals surface area contributed by atoms with Gasteiger partial charge in [-0.25, -0.2) is 0 Å². The van der Waals surface area contributed by atoms with E-state index in [2.05, 4.69) is 182 Å². The van der Waals surface area contributed by atoms with E-state index in [-0.39, 0.29) is 0 Å². The van der Waals surface area contributed by atoms with Gasteiger partial charge >= 0.3 is 0 Å². The molecule has 0 atom stereocenters. The number of allylic oxidation sites excluding steroid dienone is 4. The molecule has 0 unspecified atom stereocenters. The zero-order chi connectivity index (χ0) is 33.0. The minimum Gasteiger partial charge on any atom is -0.0836 e. The summed E-state index contributed by atoms with van der Waals surface area (Å²) in [5, 5.41) is 12.7. The maximum Gasteiger partial charge on any atom is -0.00199 e. The number of hydrogen-bond acceptors (Lipinski definition) is 0. The average Bonchev–Trinajstić information content (AvgIpc) is 3.19. The molecular weight excluding hydrogens is 601 g/mol. The van der Waals surface area contributed by atoms with Gasteiger partial charge in [0.25, 0.3) is 0 Å². The molecule has 0 aliphatic heterocycles. The molecular formula is C50H34. The van der Waals surface area contributed by atoms with Gasteiger partial charge in [-0.05, 0) is 129 Å². The minimum atomic E-state index is 1.11. The van der Waals surface area contributed by atoms with Gasteiger partial charge in [-0.1, -0.05) is 164 Å². The van der Waals surface area contributed by atoms with Crippen molar-refractivity contribution < 1.29 is 0 Å². The van der Waals surface area contributed by atoms with Crippen molar-refractivity contribution in [3.63, 3.8) is 0 Å². The predicted octanol–water partition coefficient (Wildman–Crippen LogP) is 14.2. The van der Waals surface area contributed by atoms with Crippen LogP contribution in [0.4, 0.5) is 0 Å². The summed E-state index contributed by atoms with van der Waals surface area (Å²) in [5.74, 6) is 0. The SMILES string of the molecule is C1=CC(c2ccc3cc(-c4ccc5c(-c6cccc7ccccc67)c6ccccc6c(-c6cccc7ccccc67)c5c4)ccc3c2)=CCC1. The highest BCUT2D eigenvalue weighted by Crippen LogP contribution is 2.47. The van der Waals surface area contributed by atoms with Gasteiger partial charge in [0, 0.05) is 0 Å². The van der Waals surface area contributed by atoms with Crippen molar-refractivity contribution in [2.45, 2.75) is 12.8 Å². The molecule has 234 valence electrons. The molecule has 0 saturated carbocycles. The van der Waals surface area contributed by atoms with Crippen LogP contribution in [0.25, 0.3) is 92.8 Å². The summed E-state index contributed by atoms with van der Waals surface area (Å²) in [6.45, 7) is 0. The maximum absolute atomic E-state index is 2.45. The fourth-order valence-electron chi connectivity index (χ4n) is 8.26. The van der Waals surface area contributed by atoms with Gasteiger partial charge in [-0.2, -0.15) is 0 Å². The lowest BCUT2D eigenvalue weighted by atomic mass is 9.83. The monoisotopic (exact) mass is 634 g/mol. The molecule has 0 fully saturated rings. The number of hydrogen-bond donors (Lipinski definition) is 0. The van der Waals surface area contributed by atoms with Gasteiger partial charge < -0.3 is 0 Å². The molecule has 10 rings (SSSR count). The van der Waals surface area contributed by atoms with Crippen LogP contribution in [0.15, 0.2) is 182 Å². The number of fused-ring (bicyclic) bond motifs is 5. The van der Waals surface area contributed by atoms with E-state index < -0.39 is 0 Å². The second kappa shape index (κ2) is 11.7. The van der Waals surface area contributed by atoms with Gasteiger partial charge in [0.2, 0.25) is 0 Å². The van der Waals surface area contributed by atoms with E-state index in [0.717, 1.165) is 12.8 Å². The highest BCUT2D eigenvalue weighted by molar-refractivity contribution is 6.25. The van der Waals surface area contributed by atoms with Crippen molar-refractivity contribution in [3.05, 3.63) is 188 Å². The summed E-state index contributed by atoms with van der Waals surface area (Å²) in [5.41, 5.74) is 10.2. The van der Waals surface area contributed by atoms with Crippen LogP contribution >= 0.6 is 0 Å². The Kier molecular flexibility index (Phi) is 6.74. The van der Waals surface area contributed by atoms with Gasteiger partial charge in [0.1, 0.15) is 0 Å². The molecule has 50 heavy (non-hydrogen) atoms. The van der Waals surface area contributed by atoms with Gasteiger partial charge in [0.05, 0.1) is 0 Å². The van der Waals surface area contributed by atoms with Crippen molar-refractivity contribution >= 4 is 59.4 Å². The molecule has 9 aromatic carbocycles. The summed E-state index contributed by atoms with van der Waals surface area (Å²) in [6.07, 6.45) is 9.15. The average molecular weight is 635 g/mol. The predicted molar refractivity (Wildman–Crippen MR) is 217 cm³/mol. The summed E-state index contributed by atoms with van der Waals surface area (Å²) >= 11 is 0. The van der Waals surface area contributed by atoms with Crippen LogP contribution in [0.1, 0.15) is 18.4 Å². The topological polar surface area (TPSA) is 0 Å². The van der Waals surface area contributed by atoms with Crippen molar-refractivity contribution in [2.24, 2.45) is 0 Å². The summed E-state index contributed by atoms with van der Waals surface area (Å²) in [4.78, 5) is 0. The van der Waals surface area contributed by atoms with Crippen LogP contribution in [-0.2, 0) is 0 Å². The van der Waals surface area contributed by atoms with Crippen molar-refractivity contribution in [1.82, 2.24) is 0 Å². The lowest BCUT2D eigenvalue weighted by molar-refractivity contribution is 1.04. The van der Waals surface area contributed by atoms with E-state index >= 15 is 0 Å². The highest BCUT2D eigenvalue weighted by Gasteiger charge is 2.20. The first-order valence-corrected chi connectivity index (χ1v) is 17.7. The van der Waals surface area contributed by atoms with Crippen LogP contribution in [-0.4, -0.2) is 0 Å². The second-order valence-electron chi connectivity index (χ2n) is 13.5. The first-order chi connectivity index (χ1) is 24.8. The third-order valence-corrected chi connectivity index (χ3v) is 10.6. The van der Waals surface area contributed by atoms with E-state index in [1.165, 1.54) is 98.4 Å². The third kappa shape index (κ3) is 4.68. The van der Waals surface area contributed by atoms with Gasteiger partial charge in [-0.15, -0.1) is 0 Å². The van der Waals surface area contributed by atoms with Crippen molar-refractivity contribution in [1.29, 1.82) is 0 Å². The zero-order valence-corrected chi connectivity index (χ0v) is 27.7. The quantitative estimate of drug-likeness (QED) is 0.169. The van der Waals surface area contributed by atoms with Crippen LogP contribution in [0.3, 0.4) is 0 Å². The van der Waals surface area contributed by atoms with Crippen LogP contribution < -0.4 is 0 Å². The molecule has 1 aliphatic rings. The smallest absolute Gasteiger partial charge is 0.00199 e. The molecule has 0 bridgehead atoms. The van der Waals surface area contributed by atoms with Gasteiger partial charge in [-0.3, -0.25) is 0 Å². The minimum absolute atomic E-state index is 1.11. The molecule has 0 N–H and O–H groups in total. The molecule has 0 nitrogen and oxygen atoms in total. The Balaban J connectivity index is 1.26. The summed E-state index contributed by atoms with van der Waals surface area (Å²) in [7, 11) is 0. The Morgan fingerprint density at radius 2 is 0.820 bits per heavy atom. The molecule has 0 radical (unpaired) electrons. The molecule has 0 heterocycles. The first kappa shape index (κ1) is 28.7. The third-order valence-electron chi connectivity index (χ3n) is 10.6. The van der Waals surface area contributed by atoms with E-state index in [9.17, 15) is 0 Å². The molecule has 0 spiro atoms. The van der Waals surface area contributed by atoms with Gasteiger partial charge in [0.15, 0.2) is 0 Å². The van der Waals surface area contributed by atoms with Crippen LogP contribution in [0.2, 0.25) is 0 Å². The van der Waals surface area contributed by atoms with Crippen LogP contribution in [0.5, 0.6) is 0 Å². The first-order valence-electron chi connectivity index (χ1n) is 17.7. The lowest BCUT2D eigenvalue weighted by Gasteiger charge is -2.20. The Hall–Kier alpha value is -6.24. The normalized spacial score (nSPS) is 13.1. The lowest BCUT2D eigenvalue weighted by Crippen LogP contribution is -1.93. The number of rotatable bonds is 4. The van der Waals surface area contributed by atoms with Crippen LogP contribution in [0, 0.1) is 0 Å². The van der Waals surface area contributed by atoms with E-state index in [0.29, 0.717) is 0 Å². The Morgan fingerprint density at radius 1 is 0.320 bits per heavy atom. The van der Waals surface area contributed by atoms with E-state index in [1.54, 1.807) is 0 Å². The van der Waals surface area contributed by atoms with E-state index in [4.69, 9.17) is 0 Å². The summed E-state index contributed by atoms with van der Waals surface area (Å²) in [6, 6.07) is 61.0. The number of benzene rings is 9. The largest absolute Gasteiger partial charge is 0.0836 e. The Labute approximate surface area is 292 Å². The molecule has 0 heteroatoms. The van der Waals surface area contributed by atoms with Crippen molar-refractivity contribution in [3.8, 4) is 33.4 Å². The Morgan fingerprint density at radius 3 is 1.46 bits per heavy atom. The second-order valence-corrected chi connectivity index (χ2v) is 13.5. The summed E-state index contributed by atoms with van der Waals surface area (Å²) < 4.78 is 0.